The van der Waals surface area contributed by atoms with Gasteiger partial charge >= 0.3 is 0 Å². The molecule has 1 saturated heterocycles. The van der Waals surface area contributed by atoms with Gasteiger partial charge in [-0.25, -0.2) is 8.42 Å². The first-order valence-corrected chi connectivity index (χ1v) is 11.0. The SMILES string of the molecule is COc1ccc(N(CC(=O)N2CCCC2)S(=O)(=O)c2ccccc2[N+](=O)[O-])c(OC)c1. The lowest BCUT2D eigenvalue weighted by Gasteiger charge is -2.27. The molecule has 10 nitrogen and oxygen atoms in total. The first-order valence-electron chi connectivity index (χ1n) is 9.55. The van der Waals surface area contributed by atoms with Crippen LogP contribution in [0.1, 0.15) is 12.8 Å². The van der Waals surface area contributed by atoms with Crippen molar-refractivity contribution in [1.29, 1.82) is 0 Å². The van der Waals surface area contributed by atoms with Gasteiger partial charge in [-0.3, -0.25) is 19.2 Å². The van der Waals surface area contributed by atoms with Crippen molar-refractivity contribution in [3.05, 3.63) is 52.6 Å². The molecule has 1 aliphatic rings. The number of amides is 1. The monoisotopic (exact) mass is 449 g/mol. The zero-order valence-corrected chi connectivity index (χ0v) is 18.0. The van der Waals surface area contributed by atoms with Crippen molar-refractivity contribution >= 4 is 27.3 Å². The fraction of sp³-hybridized carbons (Fsp3) is 0.350. The minimum Gasteiger partial charge on any atom is -0.497 e. The van der Waals surface area contributed by atoms with E-state index in [2.05, 4.69) is 0 Å². The van der Waals surface area contributed by atoms with Gasteiger partial charge in [0.05, 0.1) is 24.8 Å². The van der Waals surface area contributed by atoms with Crippen LogP contribution in [0.15, 0.2) is 47.4 Å². The normalized spacial score (nSPS) is 13.7. The fourth-order valence-electron chi connectivity index (χ4n) is 3.42. The third-order valence-electron chi connectivity index (χ3n) is 5.02. The zero-order chi connectivity index (χ0) is 22.6. The Morgan fingerprint density at radius 3 is 2.42 bits per heavy atom. The van der Waals surface area contributed by atoms with Crippen LogP contribution in [-0.2, 0) is 14.8 Å². The van der Waals surface area contributed by atoms with E-state index in [1.54, 1.807) is 4.90 Å². The second-order valence-corrected chi connectivity index (χ2v) is 8.69. The molecule has 0 bridgehead atoms. The molecule has 2 aromatic carbocycles. The summed E-state index contributed by atoms with van der Waals surface area (Å²) in [6.07, 6.45) is 1.68. The number of likely N-dealkylation sites (tertiary alicyclic amines) is 1. The lowest BCUT2D eigenvalue weighted by molar-refractivity contribution is -0.387. The molecule has 0 saturated carbocycles. The summed E-state index contributed by atoms with van der Waals surface area (Å²) in [5.41, 5.74) is -0.498. The molecule has 0 aliphatic carbocycles. The van der Waals surface area contributed by atoms with E-state index in [0.717, 1.165) is 29.3 Å². The van der Waals surface area contributed by atoms with Gasteiger partial charge < -0.3 is 14.4 Å². The van der Waals surface area contributed by atoms with Crippen LogP contribution < -0.4 is 13.8 Å². The maximum Gasteiger partial charge on any atom is 0.289 e. The summed E-state index contributed by atoms with van der Waals surface area (Å²) >= 11 is 0. The van der Waals surface area contributed by atoms with E-state index in [0.29, 0.717) is 18.8 Å². The number of hydrogen-bond acceptors (Lipinski definition) is 7. The Kier molecular flexibility index (Phi) is 6.64. The van der Waals surface area contributed by atoms with Gasteiger partial charge in [0.25, 0.3) is 15.7 Å². The number of carbonyl (C=O) groups is 1. The molecular weight excluding hydrogens is 426 g/mol. The Hall–Kier alpha value is -3.34. The van der Waals surface area contributed by atoms with Crippen LogP contribution >= 0.6 is 0 Å². The highest BCUT2D eigenvalue weighted by Crippen LogP contribution is 2.37. The number of para-hydroxylation sites is 1. The van der Waals surface area contributed by atoms with Crippen molar-refractivity contribution in [1.82, 2.24) is 4.90 Å². The summed E-state index contributed by atoms with van der Waals surface area (Å²) in [4.78, 5) is 24.6. The average Bonchev–Trinajstić information content (AvgIpc) is 3.32. The zero-order valence-electron chi connectivity index (χ0n) is 17.2. The summed E-state index contributed by atoms with van der Waals surface area (Å²) < 4.78 is 38.5. The molecule has 1 aliphatic heterocycles. The van der Waals surface area contributed by atoms with Crippen molar-refractivity contribution in [2.45, 2.75) is 17.7 Å². The lowest BCUT2D eigenvalue weighted by Crippen LogP contribution is -2.42. The third-order valence-corrected chi connectivity index (χ3v) is 6.83. The summed E-state index contributed by atoms with van der Waals surface area (Å²) in [7, 11) is -1.67. The van der Waals surface area contributed by atoms with Crippen LogP contribution in [0.5, 0.6) is 11.5 Å². The minimum atomic E-state index is -4.48. The van der Waals surface area contributed by atoms with Gasteiger partial charge in [0.1, 0.15) is 18.0 Å². The van der Waals surface area contributed by atoms with E-state index >= 15 is 0 Å². The van der Waals surface area contributed by atoms with E-state index in [9.17, 15) is 23.3 Å². The topological polar surface area (TPSA) is 119 Å². The van der Waals surface area contributed by atoms with Gasteiger partial charge in [0, 0.05) is 25.2 Å². The Morgan fingerprint density at radius 2 is 1.81 bits per heavy atom. The Labute approximate surface area is 180 Å². The van der Waals surface area contributed by atoms with Gasteiger partial charge in [0.15, 0.2) is 4.90 Å². The largest absolute Gasteiger partial charge is 0.497 e. The van der Waals surface area contributed by atoms with Crippen molar-refractivity contribution in [3.8, 4) is 11.5 Å². The van der Waals surface area contributed by atoms with E-state index in [1.165, 1.54) is 44.6 Å². The van der Waals surface area contributed by atoms with Crippen LogP contribution in [-0.4, -0.2) is 58.0 Å². The minimum absolute atomic E-state index is 0.0778. The molecule has 2 aromatic rings. The van der Waals surface area contributed by atoms with E-state index in [4.69, 9.17) is 9.47 Å². The van der Waals surface area contributed by atoms with Crippen molar-refractivity contribution in [2.24, 2.45) is 0 Å². The van der Waals surface area contributed by atoms with E-state index < -0.39 is 38.0 Å². The second kappa shape index (κ2) is 9.21. The molecule has 1 heterocycles. The van der Waals surface area contributed by atoms with Gasteiger partial charge in [-0.1, -0.05) is 12.1 Å². The molecule has 1 fully saturated rings. The quantitative estimate of drug-likeness (QED) is 0.448. The van der Waals surface area contributed by atoms with Crippen LogP contribution in [0.2, 0.25) is 0 Å². The number of methoxy groups -OCH3 is 2. The number of hydrogen-bond donors (Lipinski definition) is 0. The molecule has 3 rings (SSSR count). The summed E-state index contributed by atoms with van der Waals surface area (Å²) in [6, 6.07) is 9.49. The highest BCUT2D eigenvalue weighted by molar-refractivity contribution is 7.93. The molecule has 31 heavy (non-hydrogen) atoms. The molecule has 0 aromatic heterocycles. The molecule has 166 valence electrons. The number of benzene rings is 2. The summed E-state index contributed by atoms with van der Waals surface area (Å²) in [6.45, 7) is 0.562. The first-order chi connectivity index (χ1) is 14.8. The number of sulfonamides is 1. The maximum atomic E-state index is 13.6. The number of rotatable bonds is 8. The molecular formula is C20H23N3O7S. The molecule has 0 unspecified atom stereocenters. The summed E-state index contributed by atoms with van der Waals surface area (Å²) in [5, 5.41) is 11.5. The average molecular weight is 449 g/mol. The predicted molar refractivity (Wildman–Crippen MR) is 113 cm³/mol. The summed E-state index contributed by atoms with van der Waals surface area (Å²) in [5.74, 6) is 0.183. The Balaban J connectivity index is 2.14. The lowest BCUT2D eigenvalue weighted by atomic mass is 10.2. The number of anilines is 1. The number of nitro benzene ring substituents is 1. The van der Waals surface area contributed by atoms with Crippen molar-refractivity contribution in [3.63, 3.8) is 0 Å². The van der Waals surface area contributed by atoms with Crippen molar-refractivity contribution in [2.75, 3.05) is 38.2 Å². The highest BCUT2D eigenvalue weighted by Gasteiger charge is 2.35. The van der Waals surface area contributed by atoms with E-state index in [-0.39, 0.29) is 11.4 Å². The predicted octanol–water partition coefficient (Wildman–Crippen LogP) is 2.43. The van der Waals surface area contributed by atoms with Crippen LogP contribution in [0.25, 0.3) is 0 Å². The smallest absolute Gasteiger partial charge is 0.289 e. The molecule has 1 amide bonds. The number of carbonyl (C=O) groups excluding carboxylic acids is 1. The maximum absolute atomic E-state index is 13.6. The first kappa shape index (κ1) is 22.3. The van der Waals surface area contributed by atoms with Crippen LogP contribution in [0.3, 0.4) is 0 Å². The third kappa shape index (κ3) is 4.55. The molecule has 0 spiro atoms. The van der Waals surface area contributed by atoms with E-state index in [1.807, 2.05) is 0 Å². The van der Waals surface area contributed by atoms with Gasteiger partial charge in [-0.2, -0.15) is 0 Å². The van der Waals surface area contributed by atoms with Gasteiger partial charge in [-0.05, 0) is 31.0 Å². The Bertz CT molecular complexity index is 1080. The molecule has 0 N–H and O–H groups in total. The second-order valence-electron chi connectivity index (χ2n) is 6.86. The van der Waals surface area contributed by atoms with Crippen molar-refractivity contribution < 1.29 is 27.6 Å². The number of nitrogens with zero attached hydrogens (tertiary/aromatic N) is 3. The van der Waals surface area contributed by atoms with Gasteiger partial charge in [-0.15, -0.1) is 0 Å². The highest BCUT2D eigenvalue weighted by atomic mass is 32.2. The number of nitro groups is 1. The molecule has 11 heteroatoms. The molecule has 0 atom stereocenters. The van der Waals surface area contributed by atoms with Gasteiger partial charge in [0.2, 0.25) is 5.91 Å². The standard InChI is InChI=1S/C20H23N3O7S/c1-29-15-9-10-16(18(13-15)30-2)22(14-20(24)21-11-5-6-12-21)31(27,28)19-8-4-3-7-17(19)23(25)26/h3-4,7-10,13H,5-6,11-12,14H2,1-2H3. The Morgan fingerprint density at radius 1 is 1.13 bits per heavy atom. The fourth-order valence-corrected chi connectivity index (χ4v) is 5.01. The number of ether oxygens (including phenoxy) is 2. The molecule has 0 radical (unpaired) electrons. The van der Waals surface area contributed by atoms with Crippen LogP contribution in [0.4, 0.5) is 11.4 Å². The van der Waals surface area contributed by atoms with Crippen LogP contribution in [0, 0.1) is 10.1 Å².